The van der Waals surface area contributed by atoms with E-state index < -0.39 is 0 Å². The summed E-state index contributed by atoms with van der Waals surface area (Å²) in [5.74, 6) is 0.349. The Kier molecular flexibility index (Phi) is 5.65. The molecule has 0 saturated carbocycles. The molecule has 0 aliphatic heterocycles. The van der Waals surface area contributed by atoms with Crippen molar-refractivity contribution < 1.29 is 9.59 Å². The van der Waals surface area contributed by atoms with Crippen molar-refractivity contribution in [1.29, 1.82) is 0 Å². The number of fused-ring (bicyclic) bond motifs is 3. The molecule has 2 aromatic heterocycles. The smallest absolute Gasteiger partial charge is 0.314 e. The van der Waals surface area contributed by atoms with E-state index in [4.69, 9.17) is 16.6 Å². The van der Waals surface area contributed by atoms with Crippen molar-refractivity contribution >= 4 is 40.0 Å². The first-order chi connectivity index (χ1) is 14.4. The fraction of sp³-hybridized carbons (Fsp3) is 0.250. The second-order valence-corrected chi connectivity index (χ2v) is 8.20. The molecule has 0 radical (unpaired) electrons. The summed E-state index contributed by atoms with van der Waals surface area (Å²) in [7, 11) is 1.56. The monoisotopic (exact) mass is 442 g/mol. The van der Waals surface area contributed by atoms with E-state index in [0.717, 1.165) is 40.2 Å². The predicted molar refractivity (Wildman–Crippen MR) is 117 cm³/mol. The van der Waals surface area contributed by atoms with Crippen molar-refractivity contribution in [3.8, 4) is 22.0 Å². The standard InChI is InChI=1S/C20H19ClN6O2S/c1-10(28)25-20-26-15-6-4-12-9-23-18(27-16(12)17(15)30-20)13-7-11(3-5-14(13)21)8-24-19(29)22-2/h3,5,7,9H,4,6,8H2,1-2H3,(H2,22,24,29)(H,25,26,28). The molecule has 0 saturated heterocycles. The van der Waals surface area contributed by atoms with Gasteiger partial charge in [-0.3, -0.25) is 4.79 Å². The fourth-order valence-corrected chi connectivity index (χ4v) is 4.49. The van der Waals surface area contributed by atoms with Crippen molar-refractivity contribution in [2.24, 2.45) is 0 Å². The lowest BCUT2D eigenvalue weighted by atomic mass is 9.99. The second-order valence-electron chi connectivity index (χ2n) is 6.79. The van der Waals surface area contributed by atoms with Crippen LogP contribution in [-0.4, -0.2) is 33.9 Å². The number of halogens is 1. The Morgan fingerprint density at radius 3 is 2.83 bits per heavy atom. The second kappa shape index (κ2) is 8.37. The Morgan fingerprint density at radius 1 is 1.23 bits per heavy atom. The molecule has 4 rings (SSSR count). The van der Waals surface area contributed by atoms with Gasteiger partial charge in [0.05, 0.1) is 21.3 Å². The third-order valence-electron chi connectivity index (χ3n) is 4.64. The zero-order chi connectivity index (χ0) is 21.3. The van der Waals surface area contributed by atoms with E-state index in [1.807, 2.05) is 18.3 Å². The SMILES string of the molecule is CNC(=O)NCc1ccc(Cl)c(-c2ncc3c(n2)-c2sc(NC(C)=O)nc2CC3)c1. The normalized spacial score (nSPS) is 12.0. The number of carbonyl (C=O) groups excluding carboxylic acids is 2. The largest absolute Gasteiger partial charge is 0.341 e. The topological polar surface area (TPSA) is 109 Å². The van der Waals surface area contributed by atoms with E-state index in [1.54, 1.807) is 13.1 Å². The lowest BCUT2D eigenvalue weighted by Crippen LogP contribution is -2.32. The molecule has 0 unspecified atom stereocenters. The molecule has 2 heterocycles. The van der Waals surface area contributed by atoms with Crippen LogP contribution in [0.15, 0.2) is 24.4 Å². The Labute approximate surface area is 182 Å². The van der Waals surface area contributed by atoms with E-state index in [0.29, 0.717) is 28.1 Å². The van der Waals surface area contributed by atoms with Gasteiger partial charge in [-0.2, -0.15) is 0 Å². The number of amides is 3. The van der Waals surface area contributed by atoms with Gasteiger partial charge in [0, 0.05) is 32.3 Å². The molecule has 154 valence electrons. The van der Waals surface area contributed by atoms with Gasteiger partial charge in [-0.1, -0.05) is 29.0 Å². The number of hydrogen-bond donors (Lipinski definition) is 3. The number of carbonyl (C=O) groups is 2. The summed E-state index contributed by atoms with van der Waals surface area (Å²) in [6.07, 6.45) is 3.39. The zero-order valence-electron chi connectivity index (χ0n) is 16.4. The summed E-state index contributed by atoms with van der Waals surface area (Å²) in [6, 6.07) is 5.23. The van der Waals surface area contributed by atoms with E-state index in [-0.39, 0.29) is 11.9 Å². The molecule has 1 aromatic carbocycles. The summed E-state index contributed by atoms with van der Waals surface area (Å²) in [6.45, 7) is 1.82. The van der Waals surface area contributed by atoms with Crippen LogP contribution < -0.4 is 16.0 Å². The number of thiazole rings is 1. The molecular weight excluding hydrogens is 424 g/mol. The van der Waals surface area contributed by atoms with Crippen molar-refractivity contribution in [2.45, 2.75) is 26.3 Å². The first-order valence-electron chi connectivity index (χ1n) is 9.32. The summed E-state index contributed by atoms with van der Waals surface area (Å²) >= 11 is 7.84. The van der Waals surface area contributed by atoms with Crippen molar-refractivity contribution in [2.75, 3.05) is 12.4 Å². The Hall–Kier alpha value is -3.04. The minimum atomic E-state index is -0.260. The number of aromatic nitrogens is 3. The summed E-state index contributed by atoms with van der Waals surface area (Å²) in [5.41, 5.74) is 4.36. The van der Waals surface area contributed by atoms with E-state index in [2.05, 4.69) is 25.9 Å². The van der Waals surface area contributed by atoms with Gasteiger partial charge in [-0.15, -0.1) is 0 Å². The molecule has 30 heavy (non-hydrogen) atoms. The maximum atomic E-state index is 11.4. The third-order valence-corrected chi connectivity index (χ3v) is 5.99. The van der Waals surface area contributed by atoms with Crippen LogP contribution >= 0.6 is 22.9 Å². The number of hydrogen-bond acceptors (Lipinski definition) is 6. The number of rotatable bonds is 4. The molecule has 0 fully saturated rings. The third kappa shape index (κ3) is 4.12. The number of anilines is 1. The quantitative estimate of drug-likeness (QED) is 0.573. The van der Waals surface area contributed by atoms with Crippen LogP contribution in [0.4, 0.5) is 9.93 Å². The van der Waals surface area contributed by atoms with Gasteiger partial charge in [-0.05, 0) is 36.1 Å². The number of nitrogens with zero attached hydrogens (tertiary/aromatic N) is 3. The van der Waals surface area contributed by atoms with E-state index >= 15 is 0 Å². The minimum absolute atomic E-state index is 0.154. The molecule has 0 atom stereocenters. The number of benzene rings is 1. The summed E-state index contributed by atoms with van der Waals surface area (Å²) < 4.78 is 0. The average molecular weight is 443 g/mol. The summed E-state index contributed by atoms with van der Waals surface area (Å²) in [4.78, 5) is 37.6. The molecule has 3 aromatic rings. The lowest BCUT2D eigenvalue weighted by molar-refractivity contribution is -0.114. The molecule has 8 nitrogen and oxygen atoms in total. The summed E-state index contributed by atoms with van der Waals surface area (Å²) in [5, 5.41) is 9.12. The van der Waals surface area contributed by atoms with Gasteiger partial charge in [0.15, 0.2) is 11.0 Å². The fourth-order valence-electron chi connectivity index (χ4n) is 3.20. The molecule has 1 aliphatic carbocycles. The number of aryl methyl sites for hydroxylation is 2. The van der Waals surface area contributed by atoms with Crippen molar-refractivity contribution in [3.05, 3.63) is 46.2 Å². The maximum Gasteiger partial charge on any atom is 0.314 e. The predicted octanol–water partition coefficient (Wildman–Crippen LogP) is 3.41. The van der Waals surface area contributed by atoms with Crippen molar-refractivity contribution in [3.63, 3.8) is 0 Å². The molecule has 0 bridgehead atoms. The van der Waals surface area contributed by atoms with Gasteiger partial charge < -0.3 is 16.0 Å². The first kappa shape index (κ1) is 20.2. The molecule has 10 heteroatoms. The van der Waals surface area contributed by atoms with Crippen LogP contribution in [0.1, 0.15) is 23.7 Å². The van der Waals surface area contributed by atoms with E-state index in [1.165, 1.54) is 18.3 Å². The maximum absolute atomic E-state index is 11.4. The van der Waals surface area contributed by atoms with Gasteiger partial charge in [-0.25, -0.2) is 19.7 Å². The molecule has 1 aliphatic rings. The highest BCUT2D eigenvalue weighted by Crippen LogP contribution is 2.39. The highest BCUT2D eigenvalue weighted by atomic mass is 35.5. The van der Waals surface area contributed by atoms with Crippen LogP contribution in [0.3, 0.4) is 0 Å². The first-order valence-corrected chi connectivity index (χ1v) is 10.5. The zero-order valence-corrected chi connectivity index (χ0v) is 17.9. The van der Waals surface area contributed by atoms with Crippen molar-refractivity contribution in [1.82, 2.24) is 25.6 Å². The van der Waals surface area contributed by atoms with E-state index in [9.17, 15) is 9.59 Å². The Bertz CT molecular complexity index is 1150. The van der Waals surface area contributed by atoms with Gasteiger partial charge in [0.1, 0.15) is 0 Å². The van der Waals surface area contributed by atoms with Crippen LogP contribution in [0.25, 0.3) is 22.0 Å². The molecule has 3 amide bonds. The Morgan fingerprint density at radius 2 is 2.07 bits per heavy atom. The molecule has 0 spiro atoms. The molecule has 3 N–H and O–H groups in total. The van der Waals surface area contributed by atoms with Crippen LogP contribution in [0, 0.1) is 0 Å². The average Bonchev–Trinajstić information content (AvgIpc) is 3.14. The highest BCUT2D eigenvalue weighted by Gasteiger charge is 2.24. The van der Waals surface area contributed by atoms with Gasteiger partial charge in [0.2, 0.25) is 5.91 Å². The van der Waals surface area contributed by atoms with Crippen LogP contribution in [0.2, 0.25) is 5.02 Å². The Balaban J connectivity index is 1.69. The highest BCUT2D eigenvalue weighted by molar-refractivity contribution is 7.19. The minimum Gasteiger partial charge on any atom is -0.341 e. The van der Waals surface area contributed by atoms with Gasteiger partial charge in [0.25, 0.3) is 0 Å². The van der Waals surface area contributed by atoms with Gasteiger partial charge >= 0.3 is 6.03 Å². The lowest BCUT2D eigenvalue weighted by Gasteiger charge is -2.15. The number of nitrogens with one attached hydrogen (secondary N) is 3. The molecular formula is C20H19ClN6O2S. The van der Waals surface area contributed by atoms with Crippen LogP contribution in [0.5, 0.6) is 0 Å². The number of urea groups is 1. The van der Waals surface area contributed by atoms with Crippen LogP contribution in [-0.2, 0) is 24.2 Å².